The smallest absolute Gasteiger partial charge is 0.124 e. The molecule has 1 fully saturated rings. The van der Waals surface area contributed by atoms with Crippen LogP contribution in [0.3, 0.4) is 0 Å². The molecule has 1 aliphatic rings. The molecular formula is C15H23FN2O2. The summed E-state index contributed by atoms with van der Waals surface area (Å²) >= 11 is 0. The molecule has 0 spiro atoms. The molecule has 0 bridgehead atoms. The van der Waals surface area contributed by atoms with Crippen molar-refractivity contribution in [2.24, 2.45) is 5.73 Å². The number of benzene rings is 1. The summed E-state index contributed by atoms with van der Waals surface area (Å²) in [6.07, 6.45) is 0.0506. The van der Waals surface area contributed by atoms with Gasteiger partial charge in [-0.15, -0.1) is 0 Å². The maximum atomic E-state index is 13.3. The summed E-state index contributed by atoms with van der Waals surface area (Å²) in [6, 6.07) is 4.19. The highest BCUT2D eigenvalue weighted by atomic mass is 19.1. The SMILES string of the molecule is CCN1CCOC(COc2ccc(F)cc2[C@H](C)N)C1. The Morgan fingerprint density at radius 3 is 3.05 bits per heavy atom. The predicted molar refractivity (Wildman–Crippen MR) is 76.4 cm³/mol. The molecule has 112 valence electrons. The summed E-state index contributed by atoms with van der Waals surface area (Å²) < 4.78 is 24.7. The van der Waals surface area contributed by atoms with Gasteiger partial charge in [0.25, 0.3) is 0 Å². The minimum Gasteiger partial charge on any atom is -0.490 e. The van der Waals surface area contributed by atoms with Crippen LogP contribution in [-0.2, 0) is 4.74 Å². The van der Waals surface area contributed by atoms with Crippen LogP contribution in [0.5, 0.6) is 5.75 Å². The van der Waals surface area contributed by atoms with Crippen molar-refractivity contribution in [2.75, 3.05) is 32.8 Å². The lowest BCUT2D eigenvalue weighted by Crippen LogP contribution is -2.44. The van der Waals surface area contributed by atoms with E-state index in [1.807, 2.05) is 6.92 Å². The number of nitrogens with zero attached hydrogens (tertiary/aromatic N) is 1. The molecule has 1 saturated heterocycles. The number of hydrogen-bond donors (Lipinski definition) is 1. The number of ether oxygens (including phenoxy) is 2. The monoisotopic (exact) mass is 282 g/mol. The third-order valence-electron chi connectivity index (χ3n) is 3.56. The maximum absolute atomic E-state index is 13.3. The van der Waals surface area contributed by atoms with Crippen LogP contribution >= 0.6 is 0 Å². The molecule has 0 radical (unpaired) electrons. The van der Waals surface area contributed by atoms with Crippen molar-refractivity contribution >= 4 is 0 Å². The van der Waals surface area contributed by atoms with Gasteiger partial charge in [-0.3, -0.25) is 4.90 Å². The Hall–Kier alpha value is -1.17. The fourth-order valence-electron chi connectivity index (χ4n) is 2.36. The van der Waals surface area contributed by atoms with Crippen LogP contribution < -0.4 is 10.5 Å². The predicted octanol–water partition coefficient (Wildman–Crippen LogP) is 1.94. The van der Waals surface area contributed by atoms with Crippen LogP contribution in [0.2, 0.25) is 0 Å². The molecule has 0 aliphatic carbocycles. The van der Waals surface area contributed by atoms with E-state index in [-0.39, 0.29) is 18.0 Å². The van der Waals surface area contributed by atoms with Gasteiger partial charge in [-0.25, -0.2) is 4.39 Å². The molecule has 5 heteroatoms. The zero-order chi connectivity index (χ0) is 14.5. The van der Waals surface area contributed by atoms with Crippen molar-refractivity contribution in [3.63, 3.8) is 0 Å². The zero-order valence-electron chi connectivity index (χ0n) is 12.1. The highest BCUT2D eigenvalue weighted by Gasteiger charge is 2.20. The van der Waals surface area contributed by atoms with E-state index < -0.39 is 0 Å². The summed E-state index contributed by atoms with van der Waals surface area (Å²) in [5.74, 6) is 0.342. The van der Waals surface area contributed by atoms with Gasteiger partial charge >= 0.3 is 0 Å². The Morgan fingerprint density at radius 2 is 2.35 bits per heavy atom. The minimum absolute atomic E-state index is 0.0506. The van der Waals surface area contributed by atoms with Gasteiger partial charge in [0.2, 0.25) is 0 Å². The average molecular weight is 282 g/mol. The Bertz CT molecular complexity index is 440. The van der Waals surface area contributed by atoms with Crippen molar-refractivity contribution in [3.8, 4) is 5.75 Å². The topological polar surface area (TPSA) is 47.7 Å². The van der Waals surface area contributed by atoms with E-state index >= 15 is 0 Å². The second-order valence-corrected chi connectivity index (χ2v) is 5.17. The normalized spacial score (nSPS) is 21.7. The fourth-order valence-corrected chi connectivity index (χ4v) is 2.36. The average Bonchev–Trinajstić information content (AvgIpc) is 2.46. The quantitative estimate of drug-likeness (QED) is 0.896. The van der Waals surface area contributed by atoms with Gasteiger partial charge in [0.1, 0.15) is 24.3 Å². The van der Waals surface area contributed by atoms with E-state index in [2.05, 4.69) is 11.8 Å². The van der Waals surface area contributed by atoms with Crippen molar-refractivity contribution in [1.29, 1.82) is 0 Å². The lowest BCUT2D eigenvalue weighted by atomic mass is 10.1. The molecule has 2 atom stereocenters. The van der Waals surface area contributed by atoms with E-state index in [1.54, 1.807) is 6.07 Å². The molecule has 2 N–H and O–H groups in total. The Labute approximate surface area is 119 Å². The molecule has 1 aliphatic heterocycles. The maximum Gasteiger partial charge on any atom is 0.124 e. The van der Waals surface area contributed by atoms with Crippen molar-refractivity contribution in [3.05, 3.63) is 29.6 Å². The Morgan fingerprint density at radius 1 is 1.55 bits per heavy atom. The first-order valence-electron chi connectivity index (χ1n) is 7.12. The molecule has 0 amide bonds. The zero-order valence-corrected chi connectivity index (χ0v) is 12.1. The third-order valence-corrected chi connectivity index (χ3v) is 3.56. The number of rotatable bonds is 5. The van der Waals surface area contributed by atoms with Crippen molar-refractivity contribution < 1.29 is 13.9 Å². The molecule has 1 unspecified atom stereocenters. The first-order valence-corrected chi connectivity index (χ1v) is 7.12. The lowest BCUT2D eigenvalue weighted by Gasteiger charge is -2.32. The molecule has 0 aromatic heterocycles. The molecule has 4 nitrogen and oxygen atoms in total. The molecule has 1 aromatic carbocycles. The second-order valence-electron chi connectivity index (χ2n) is 5.17. The summed E-state index contributed by atoms with van der Waals surface area (Å²) in [4.78, 5) is 2.33. The highest BCUT2D eigenvalue weighted by Crippen LogP contribution is 2.25. The van der Waals surface area contributed by atoms with Crippen LogP contribution in [0.15, 0.2) is 18.2 Å². The summed E-state index contributed by atoms with van der Waals surface area (Å²) in [7, 11) is 0. The molecule has 1 aromatic rings. The summed E-state index contributed by atoms with van der Waals surface area (Å²) in [6.45, 7) is 7.99. The van der Waals surface area contributed by atoms with Crippen LogP contribution in [0.4, 0.5) is 4.39 Å². The minimum atomic E-state index is -0.296. The number of nitrogens with two attached hydrogens (primary N) is 1. The Kier molecular flexibility index (Phi) is 5.34. The van der Waals surface area contributed by atoms with Gasteiger partial charge in [0, 0.05) is 24.7 Å². The van der Waals surface area contributed by atoms with Gasteiger partial charge in [-0.1, -0.05) is 6.92 Å². The third kappa shape index (κ3) is 3.91. The number of hydrogen-bond acceptors (Lipinski definition) is 4. The molecular weight excluding hydrogens is 259 g/mol. The molecule has 20 heavy (non-hydrogen) atoms. The molecule has 0 saturated carbocycles. The number of likely N-dealkylation sites (N-methyl/N-ethyl adjacent to an activating group) is 1. The van der Waals surface area contributed by atoms with Crippen molar-refractivity contribution in [1.82, 2.24) is 4.90 Å². The van der Waals surface area contributed by atoms with E-state index in [1.165, 1.54) is 12.1 Å². The van der Waals surface area contributed by atoms with Crippen LogP contribution in [0.1, 0.15) is 25.5 Å². The Balaban J connectivity index is 1.96. The van der Waals surface area contributed by atoms with E-state index in [0.29, 0.717) is 17.9 Å². The molecule has 2 rings (SSSR count). The summed E-state index contributed by atoms with van der Waals surface area (Å²) in [5.41, 5.74) is 6.54. The van der Waals surface area contributed by atoms with Crippen LogP contribution in [-0.4, -0.2) is 43.9 Å². The van der Waals surface area contributed by atoms with E-state index in [9.17, 15) is 4.39 Å². The van der Waals surface area contributed by atoms with Gasteiger partial charge in [0.15, 0.2) is 0 Å². The van der Waals surface area contributed by atoms with E-state index in [0.717, 1.165) is 26.2 Å². The standard InChI is InChI=1S/C15H23FN2O2/c1-3-18-6-7-19-13(9-18)10-20-15-5-4-12(16)8-14(15)11(2)17/h4-5,8,11,13H,3,6-7,9-10,17H2,1-2H3/t11-,13?/m0/s1. The number of morpholine rings is 1. The fraction of sp³-hybridized carbons (Fsp3) is 0.600. The second kappa shape index (κ2) is 7.02. The highest BCUT2D eigenvalue weighted by molar-refractivity contribution is 5.36. The molecule has 1 heterocycles. The van der Waals surface area contributed by atoms with Gasteiger partial charge < -0.3 is 15.2 Å². The first-order chi connectivity index (χ1) is 9.60. The van der Waals surface area contributed by atoms with Crippen LogP contribution in [0, 0.1) is 5.82 Å². The van der Waals surface area contributed by atoms with Gasteiger partial charge in [-0.05, 0) is 31.7 Å². The van der Waals surface area contributed by atoms with Gasteiger partial charge in [-0.2, -0.15) is 0 Å². The lowest BCUT2D eigenvalue weighted by molar-refractivity contribution is -0.0465. The van der Waals surface area contributed by atoms with E-state index in [4.69, 9.17) is 15.2 Å². The largest absolute Gasteiger partial charge is 0.490 e. The van der Waals surface area contributed by atoms with Crippen LogP contribution in [0.25, 0.3) is 0 Å². The number of halogens is 1. The first kappa shape index (κ1) is 15.2. The summed E-state index contributed by atoms with van der Waals surface area (Å²) in [5, 5.41) is 0. The van der Waals surface area contributed by atoms with Crippen molar-refractivity contribution in [2.45, 2.75) is 26.0 Å². The van der Waals surface area contributed by atoms with Gasteiger partial charge in [0.05, 0.1) is 6.61 Å².